The van der Waals surface area contributed by atoms with Gasteiger partial charge >= 0.3 is 25.4 Å². The van der Waals surface area contributed by atoms with E-state index in [9.17, 15) is 24.4 Å². The number of carbonyl (C=O) groups is 3. The van der Waals surface area contributed by atoms with Gasteiger partial charge in [0.2, 0.25) is 5.95 Å². The molecule has 1 aromatic carbocycles. The minimum absolute atomic E-state index is 0.133. The molecule has 3 amide bonds. The average molecular weight is 586 g/mol. The van der Waals surface area contributed by atoms with Gasteiger partial charge in [-0.2, -0.15) is 0 Å². The Morgan fingerprint density at radius 2 is 1.26 bits per heavy atom. The second kappa shape index (κ2) is 12.4. The van der Waals surface area contributed by atoms with Gasteiger partial charge in [-0.05, 0) is 99.5 Å². The van der Waals surface area contributed by atoms with Crippen LogP contribution in [0.4, 0.5) is 20.3 Å². The van der Waals surface area contributed by atoms with E-state index in [2.05, 4.69) is 9.97 Å². The van der Waals surface area contributed by atoms with Crippen molar-refractivity contribution in [1.82, 2.24) is 14.9 Å². The average Bonchev–Trinajstić information content (AvgIpc) is 2.81. The van der Waals surface area contributed by atoms with Crippen LogP contribution in [0.3, 0.4) is 0 Å². The Morgan fingerprint density at radius 1 is 0.786 bits per heavy atom. The highest BCUT2D eigenvalue weighted by atomic mass is 16.6. The number of rotatable bonds is 4. The number of amides is 3. The molecule has 2 N–H and O–H groups in total. The third-order valence-corrected chi connectivity index (χ3v) is 6.27. The van der Waals surface area contributed by atoms with E-state index in [0.717, 1.165) is 4.90 Å². The molecule has 0 atom stereocenters. The van der Waals surface area contributed by atoms with E-state index < -0.39 is 48.2 Å². The molecule has 0 radical (unpaired) electrons. The van der Waals surface area contributed by atoms with Crippen LogP contribution in [-0.2, 0) is 14.2 Å². The maximum Gasteiger partial charge on any atom is 0.488 e. The van der Waals surface area contributed by atoms with Crippen LogP contribution in [0.1, 0.15) is 88.0 Å². The Kier molecular flexibility index (Phi) is 9.78. The van der Waals surface area contributed by atoms with Crippen LogP contribution < -0.4 is 10.4 Å². The number of nitrogens with zero attached hydrogens (tertiary/aromatic N) is 4. The highest BCUT2D eigenvalue weighted by Gasteiger charge is 2.41. The monoisotopic (exact) mass is 586 g/mol. The molecule has 0 saturated heterocycles. The van der Waals surface area contributed by atoms with E-state index >= 15 is 0 Å². The van der Waals surface area contributed by atoms with Gasteiger partial charge in [-0.3, -0.25) is 0 Å². The molecule has 1 aliphatic rings. The van der Waals surface area contributed by atoms with E-state index in [4.69, 9.17) is 14.2 Å². The van der Waals surface area contributed by atoms with Gasteiger partial charge in [0.1, 0.15) is 16.8 Å². The topological polar surface area (TPSA) is 152 Å². The lowest BCUT2D eigenvalue weighted by Crippen LogP contribution is -2.52. The number of carbonyl (C=O) groups excluding carboxylic acids is 3. The second-order valence-electron chi connectivity index (χ2n) is 13.5. The molecule has 12 nitrogen and oxygen atoms in total. The van der Waals surface area contributed by atoms with Crippen LogP contribution in [0, 0.1) is 0 Å². The first kappa shape index (κ1) is 33.1. The normalized spacial score (nSPS) is 17.8. The molecule has 1 saturated carbocycles. The molecule has 1 heterocycles. The smallest absolute Gasteiger partial charge is 0.443 e. The maximum absolute atomic E-state index is 13.5. The van der Waals surface area contributed by atoms with Crippen molar-refractivity contribution in [2.24, 2.45) is 0 Å². The molecule has 0 spiro atoms. The molecule has 0 aliphatic heterocycles. The molecule has 1 aliphatic carbocycles. The number of benzene rings is 1. The van der Waals surface area contributed by atoms with E-state index in [0.29, 0.717) is 42.0 Å². The molecule has 2 aromatic rings. The fourth-order valence-electron chi connectivity index (χ4n) is 4.59. The molecule has 13 heteroatoms. The van der Waals surface area contributed by atoms with Gasteiger partial charge in [-0.15, -0.1) is 0 Å². The van der Waals surface area contributed by atoms with E-state index in [1.165, 1.54) is 17.2 Å². The minimum atomic E-state index is -1.64. The van der Waals surface area contributed by atoms with Crippen molar-refractivity contribution in [3.63, 3.8) is 0 Å². The van der Waals surface area contributed by atoms with Crippen molar-refractivity contribution in [1.29, 1.82) is 0 Å². The highest BCUT2D eigenvalue weighted by Crippen LogP contribution is 2.32. The third-order valence-electron chi connectivity index (χ3n) is 6.27. The summed E-state index contributed by atoms with van der Waals surface area (Å²) in [6.07, 6.45) is 0.931. The number of aromatic nitrogens is 2. The first-order valence-corrected chi connectivity index (χ1v) is 14.1. The lowest BCUT2D eigenvalue weighted by Gasteiger charge is -2.39. The molecule has 1 fully saturated rings. The molecular weight excluding hydrogens is 543 g/mol. The van der Waals surface area contributed by atoms with E-state index in [-0.39, 0.29) is 12.0 Å². The highest BCUT2D eigenvalue weighted by molar-refractivity contribution is 6.58. The van der Waals surface area contributed by atoms with E-state index in [1.807, 2.05) is 0 Å². The number of hydrogen-bond acceptors (Lipinski definition) is 10. The van der Waals surface area contributed by atoms with Crippen LogP contribution >= 0.6 is 0 Å². The summed E-state index contributed by atoms with van der Waals surface area (Å²) in [6.45, 7) is 15.7. The zero-order chi connectivity index (χ0) is 31.6. The summed E-state index contributed by atoms with van der Waals surface area (Å²) in [5, 5.41) is 19.6. The largest absolute Gasteiger partial charge is 0.488 e. The molecule has 3 rings (SSSR count). The van der Waals surface area contributed by atoms with Crippen molar-refractivity contribution in [3.8, 4) is 0 Å². The number of hydrogen-bond donors (Lipinski definition) is 2. The molecule has 0 bridgehead atoms. The fraction of sp³-hybridized carbons (Fsp3) is 0.621. The fourth-order valence-corrected chi connectivity index (χ4v) is 4.59. The first-order chi connectivity index (χ1) is 19.2. The molecule has 230 valence electrons. The second-order valence-corrected chi connectivity index (χ2v) is 13.5. The van der Waals surface area contributed by atoms with Gasteiger partial charge in [0.05, 0.1) is 5.52 Å². The molecule has 1 aromatic heterocycles. The summed E-state index contributed by atoms with van der Waals surface area (Å²) in [5.41, 5.74) is -1.61. The summed E-state index contributed by atoms with van der Waals surface area (Å²) in [4.78, 5) is 51.2. The summed E-state index contributed by atoms with van der Waals surface area (Å²) < 4.78 is 16.8. The lowest BCUT2D eigenvalue weighted by molar-refractivity contribution is -0.0115. The van der Waals surface area contributed by atoms with Crippen molar-refractivity contribution in [2.75, 3.05) is 4.90 Å². The van der Waals surface area contributed by atoms with Gasteiger partial charge in [-0.1, -0.05) is 12.1 Å². The van der Waals surface area contributed by atoms with Crippen molar-refractivity contribution < 1.29 is 38.6 Å². The Hall–Kier alpha value is -3.45. The number of ether oxygens (including phenoxy) is 3. The van der Waals surface area contributed by atoms with E-state index in [1.54, 1.807) is 74.4 Å². The summed E-state index contributed by atoms with van der Waals surface area (Å²) in [5.74, 6) is 0.133. The van der Waals surface area contributed by atoms with Crippen LogP contribution in [0.2, 0.25) is 0 Å². The van der Waals surface area contributed by atoms with Gasteiger partial charge in [0.25, 0.3) is 0 Å². The Labute approximate surface area is 247 Å². The quantitative estimate of drug-likeness (QED) is 0.386. The summed E-state index contributed by atoms with van der Waals surface area (Å²) in [7, 11) is -1.64. The number of imide groups is 1. The zero-order valence-corrected chi connectivity index (χ0v) is 26.0. The standard InChI is InChI=1S/C29H43BN4O8/c1-27(2,3)40-24(35)33(23-31-17-18-16-19(30(38)39)10-15-22(18)32-23)20-11-13-21(14-12-20)34(25(36)41-28(4,5)6)26(37)42-29(7,8)9/h10,15-17,20-21,38-39H,11-14H2,1-9H3/t20-,21-. The van der Waals surface area contributed by atoms with Crippen molar-refractivity contribution >= 4 is 47.7 Å². The first-order valence-electron chi connectivity index (χ1n) is 14.1. The SMILES string of the molecule is CC(C)(C)OC(=O)N(C(=O)OC(C)(C)C)[C@H]1CC[C@H](N(C(=O)OC(C)(C)C)c2ncc3cc(B(O)O)ccc3n2)CC1. The maximum atomic E-state index is 13.5. The van der Waals surface area contributed by atoms with Crippen LogP contribution in [0.5, 0.6) is 0 Å². The van der Waals surface area contributed by atoms with Crippen molar-refractivity contribution in [3.05, 3.63) is 24.4 Å². The van der Waals surface area contributed by atoms with Crippen LogP contribution in [-0.4, -0.2) is 79.2 Å². The Balaban J connectivity index is 1.90. The Morgan fingerprint density at radius 3 is 1.74 bits per heavy atom. The predicted molar refractivity (Wildman–Crippen MR) is 158 cm³/mol. The summed E-state index contributed by atoms with van der Waals surface area (Å²) >= 11 is 0. The van der Waals surface area contributed by atoms with Gasteiger partial charge in [0.15, 0.2) is 0 Å². The molecule has 42 heavy (non-hydrogen) atoms. The van der Waals surface area contributed by atoms with Gasteiger partial charge < -0.3 is 24.3 Å². The summed E-state index contributed by atoms with van der Waals surface area (Å²) in [6, 6.07) is 3.83. The minimum Gasteiger partial charge on any atom is -0.443 e. The predicted octanol–water partition coefficient (Wildman–Crippen LogP) is 4.53. The lowest BCUT2D eigenvalue weighted by atomic mass is 9.80. The third kappa shape index (κ3) is 9.03. The van der Waals surface area contributed by atoms with Gasteiger partial charge in [0, 0.05) is 23.7 Å². The molecule has 0 unspecified atom stereocenters. The molecular formula is C29H43BN4O8. The van der Waals surface area contributed by atoms with Crippen molar-refractivity contribution in [2.45, 2.75) is 117 Å². The van der Waals surface area contributed by atoms with Gasteiger partial charge in [-0.25, -0.2) is 34.2 Å². The zero-order valence-electron chi connectivity index (χ0n) is 26.0. The Bertz CT molecular complexity index is 1260. The number of anilines is 1. The number of fused-ring (bicyclic) bond motifs is 1. The van der Waals surface area contributed by atoms with Crippen LogP contribution in [0.25, 0.3) is 10.9 Å². The van der Waals surface area contributed by atoms with Crippen LogP contribution in [0.15, 0.2) is 24.4 Å².